The second kappa shape index (κ2) is 8.44. The van der Waals surface area contributed by atoms with Crippen LogP contribution in [0.1, 0.15) is 41.6 Å². The summed E-state index contributed by atoms with van der Waals surface area (Å²) in [6, 6.07) is 8.27. The number of amides is 1. The third kappa shape index (κ3) is 4.48. The molecule has 0 bridgehead atoms. The van der Waals surface area contributed by atoms with Crippen molar-refractivity contribution in [2.75, 3.05) is 19.8 Å². The van der Waals surface area contributed by atoms with E-state index in [1.165, 1.54) is 19.3 Å². The molecule has 116 valence electrons. The standard InChI is InChI=1S/C17H26N2OS/c1-18-12-11-13-7-3-4-8-14(13)17(20)19-15-9-5-6-10-16(15)21-2/h3-4,7-8,15-16,18H,5-6,9-12H2,1-2H3,(H,19,20). The van der Waals surface area contributed by atoms with E-state index in [1.54, 1.807) is 0 Å². The van der Waals surface area contributed by atoms with E-state index in [1.807, 2.05) is 37.0 Å². The number of carbonyl (C=O) groups excluding carboxylic acids is 1. The number of carbonyl (C=O) groups is 1. The molecule has 1 aliphatic carbocycles. The molecule has 0 aromatic heterocycles. The summed E-state index contributed by atoms with van der Waals surface area (Å²) in [5, 5.41) is 6.98. The molecule has 0 saturated heterocycles. The van der Waals surface area contributed by atoms with Crippen LogP contribution in [0.2, 0.25) is 0 Å². The summed E-state index contributed by atoms with van der Waals surface area (Å²) >= 11 is 1.88. The lowest BCUT2D eigenvalue weighted by atomic mass is 9.94. The fraction of sp³-hybridized carbons (Fsp3) is 0.588. The Hall–Kier alpha value is -1.00. The summed E-state index contributed by atoms with van der Waals surface area (Å²) in [5.41, 5.74) is 1.96. The van der Waals surface area contributed by atoms with Gasteiger partial charge in [-0.15, -0.1) is 0 Å². The third-order valence-electron chi connectivity index (χ3n) is 4.23. The molecule has 0 aliphatic heterocycles. The van der Waals surface area contributed by atoms with Gasteiger partial charge in [0.1, 0.15) is 0 Å². The molecule has 4 heteroatoms. The largest absolute Gasteiger partial charge is 0.348 e. The van der Waals surface area contributed by atoms with Crippen molar-refractivity contribution in [3.05, 3.63) is 35.4 Å². The highest BCUT2D eigenvalue weighted by molar-refractivity contribution is 7.99. The van der Waals surface area contributed by atoms with Crippen LogP contribution in [0, 0.1) is 0 Å². The van der Waals surface area contributed by atoms with Gasteiger partial charge in [-0.2, -0.15) is 11.8 Å². The Labute approximate surface area is 132 Å². The topological polar surface area (TPSA) is 41.1 Å². The van der Waals surface area contributed by atoms with Crippen LogP contribution in [0.5, 0.6) is 0 Å². The minimum Gasteiger partial charge on any atom is -0.348 e. The van der Waals surface area contributed by atoms with E-state index in [0.29, 0.717) is 11.3 Å². The van der Waals surface area contributed by atoms with Crippen molar-refractivity contribution >= 4 is 17.7 Å². The van der Waals surface area contributed by atoms with Crippen molar-refractivity contribution in [1.29, 1.82) is 0 Å². The van der Waals surface area contributed by atoms with Crippen LogP contribution in [-0.2, 0) is 6.42 Å². The Morgan fingerprint density at radius 1 is 1.29 bits per heavy atom. The van der Waals surface area contributed by atoms with E-state index in [9.17, 15) is 4.79 Å². The van der Waals surface area contributed by atoms with Crippen molar-refractivity contribution in [2.24, 2.45) is 0 Å². The molecule has 1 saturated carbocycles. The van der Waals surface area contributed by atoms with Gasteiger partial charge in [-0.05, 0) is 50.7 Å². The molecule has 1 aromatic rings. The zero-order valence-corrected chi connectivity index (χ0v) is 13.8. The van der Waals surface area contributed by atoms with Crippen molar-refractivity contribution < 1.29 is 4.79 Å². The van der Waals surface area contributed by atoms with Gasteiger partial charge in [0.15, 0.2) is 0 Å². The molecule has 21 heavy (non-hydrogen) atoms. The molecule has 1 amide bonds. The lowest BCUT2D eigenvalue weighted by Crippen LogP contribution is -2.44. The molecule has 3 nitrogen and oxygen atoms in total. The number of rotatable bonds is 6. The molecule has 0 radical (unpaired) electrons. The highest BCUT2D eigenvalue weighted by Gasteiger charge is 2.26. The molecule has 2 unspecified atom stereocenters. The fourth-order valence-electron chi connectivity index (χ4n) is 3.01. The molecule has 1 aliphatic rings. The van der Waals surface area contributed by atoms with Crippen LogP contribution >= 0.6 is 11.8 Å². The Morgan fingerprint density at radius 3 is 2.81 bits per heavy atom. The van der Waals surface area contributed by atoms with Crippen molar-refractivity contribution in [3.8, 4) is 0 Å². The summed E-state index contributed by atoms with van der Waals surface area (Å²) in [6.45, 7) is 0.890. The molecule has 2 atom stereocenters. The first-order valence-corrected chi connectivity index (χ1v) is 9.11. The van der Waals surface area contributed by atoms with Gasteiger partial charge in [-0.1, -0.05) is 31.0 Å². The number of nitrogens with one attached hydrogen (secondary N) is 2. The van der Waals surface area contributed by atoms with Crippen LogP contribution in [0.3, 0.4) is 0 Å². The van der Waals surface area contributed by atoms with Crippen LogP contribution < -0.4 is 10.6 Å². The molecular formula is C17H26N2OS. The van der Waals surface area contributed by atoms with Crippen molar-refractivity contribution in [2.45, 2.75) is 43.4 Å². The first-order chi connectivity index (χ1) is 10.3. The summed E-state index contributed by atoms with van der Waals surface area (Å²) in [4.78, 5) is 12.6. The maximum Gasteiger partial charge on any atom is 0.251 e. The zero-order valence-electron chi connectivity index (χ0n) is 13.0. The monoisotopic (exact) mass is 306 g/mol. The average Bonchev–Trinajstić information content (AvgIpc) is 2.53. The summed E-state index contributed by atoms with van der Waals surface area (Å²) < 4.78 is 0. The molecule has 2 rings (SSSR count). The van der Waals surface area contributed by atoms with Gasteiger partial charge in [0, 0.05) is 16.9 Å². The highest BCUT2D eigenvalue weighted by Crippen LogP contribution is 2.27. The molecule has 0 heterocycles. The summed E-state index contributed by atoms with van der Waals surface area (Å²) in [7, 11) is 1.94. The molecule has 1 fully saturated rings. The Balaban J connectivity index is 2.05. The van der Waals surface area contributed by atoms with E-state index >= 15 is 0 Å². The Bertz CT molecular complexity index is 464. The molecular weight excluding hydrogens is 280 g/mol. The van der Waals surface area contributed by atoms with Crippen molar-refractivity contribution in [1.82, 2.24) is 10.6 Å². The van der Waals surface area contributed by atoms with Crippen LogP contribution in [-0.4, -0.2) is 37.0 Å². The maximum absolute atomic E-state index is 12.6. The first-order valence-electron chi connectivity index (χ1n) is 7.82. The molecule has 0 spiro atoms. The van der Waals surface area contributed by atoms with E-state index in [4.69, 9.17) is 0 Å². The maximum atomic E-state index is 12.6. The average molecular weight is 306 g/mol. The third-order valence-corrected chi connectivity index (χ3v) is 5.40. The van der Waals surface area contributed by atoms with Gasteiger partial charge in [-0.25, -0.2) is 0 Å². The summed E-state index contributed by atoms with van der Waals surface area (Å²) in [5.74, 6) is 0.0904. The lowest BCUT2D eigenvalue weighted by Gasteiger charge is -2.31. The highest BCUT2D eigenvalue weighted by atomic mass is 32.2. The van der Waals surface area contributed by atoms with Gasteiger partial charge in [0.25, 0.3) is 5.91 Å². The molecule has 2 N–H and O–H groups in total. The van der Waals surface area contributed by atoms with Crippen LogP contribution in [0.4, 0.5) is 0 Å². The second-order valence-corrected chi connectivity index (χ2v) is 6.73. The predicted octanol–water partition coefficient (Wildman–Crippen LogP) is 2.85. The fourth-order valence-corrected chi connectivity index (χ4v) is 3.94. The molecule has 1 aromatic carbocycles. The Morgan fingerprint density at radius 2 is 2.05 bits per heavy atom. The number of likely N-dealkylation sites (N-methyl/N-ethyl adjacent to an activating group) is 1. The smallest absolute Gasteiger partial charge is 0.251 e. The zero-order chi connectivity index (χ0) is 15.1. The van der Waals surface area contributed by atoms with Gasteiger partial charge in [0.05, 0.1) is 0 Å². The van der Waals surface area contributed by atoms with Crippen LogP contribution in [0.25, 0.3) is 0 Å². The van der Waals surface area contributed by atoms with E-state index < -0.39 is 0 Å². The number of thioether (sulfide) groups is 1. The first kappa shape index (κ1) is 16.4. The van der Waals surface area contributed by atoms with Gasteiger partial charge >= 0.3 is 0 Å². The van der Waals surface area contributed by atoms with E-state index in [-0.39, 0.29) is 5.91 Å². The SMILES string of the molecule is CNCCc1ccccc1C(=O)NC1CCCCC1SC. The quantitative estimate of drug-likeness (QED) is 0.849. The normalized spacial score (nSPS) is 22.0. The number of hydrogen-bond acceptors (Lipinski definition) is 3. The number of hydrogen-bond donors (Lipinski definition) is 2. The van der Waals surface area contributed by atoms with Gasteiger partial charge in [0.2, 0.25) is 0 Å². The van der Waals surface area contributed by atoms with Gasteiger partial charge in [-0.3, -0.25) is 4.79 Å². The number of benzene rings is 1. The van der Waals surface area contributed by atoms with E-state index in [2.05, 4.69) is 23.0 Å². The van der Waals surface area contributed by atoms with Crippen LogP contribution in [0.15, 0.2) is 24.3 Å². The van der Waals surface area contributed by atoms with E-state index in [0.717, 1.165) is 30.5 Å². The van der Waals surface area contributed by atoms with Gasteiger partial charge < -0.3 is 10.6 Å². The Kier molecular flexibility index (Phi) is 6.58. The van der Waals surface area contributed by atoms with Crippen molar-refractivity contribution in [3.63, 3.8) is 0 Å². The predicted molar refractivity (Wildman–Crippen MR) is 91.1 cm³/mol. The second-order valence-electron chi connectivity index (χ2n) is 5.65. The minimum absolute atomic E-state index is 0.0904. The summed E-state index contributed by atoms with van der Waals surface area (Å²) in [6.07, 6.45) is 7.87. The minimum atomic E-state index is 0.0904. The lowest BCUT2D eigenvalue weighted by molar-refractivity contribution is 0.0928.